The lowest BCUT2D eigenvalue weighted by Gasteiger charge is -2.32. The third-order valence-electron chi connectivity index (χ3n) is 3.82. The molecule has 1 N–H and O–H groups in total. The molecule has 1 heterocycles. The Kier molecular flexibility index (Phi) is 6.05. The Hall–Kier alpha value is -1.55. The largest absolute Gasteiger partial charge is 0.494 e. The van der Waals surface area contributed by atoms with Crippen molar-refractivity contribution in [3.05, 3.63) is 30.3 Å². The summed E-state index contributed by atoms with van der Waals surface area (Å²) >= 11 is 0. The number of hydrogen-bond acceptors (Lipinski definition) is 3. The van der Waals surface area contributed by atoms with Gasteiger partial charge in [0.1, 0.15) is 5.75 Å². The third-order valence-corrected chi connectivity index (χ3v) is 3.82. The molecule has 4 heteroatoms. The van der Waals surface area contributed by atoms with Crippen molar-refractivity contribution < 1.29 is 9.53 Å². The highest BCUT2D eigenvalue weighted by molar-refractivity contribution is 5.76. The number of carbonyl (C=O) groups is 1. The molecule has 0 radical (unpaired) electrons. The molecule has 0 aromatic heterocycles. The van der Waals surface area contributed by atoms with Crippen LogP contribution in [0.5, 0.6) is 5.75 Å². The van der Waals surface area contributed by atoms with E-state index in [0.717, 1.165) is 31.7 Å². The predicted molar refractivity (Wildman–Crippen MR) is 84.4 cm³/mol. The SMILES string of the molecule is CC(C)N(C(=O)CCCOc1ccccc1)C1CCNC1. The molecule has 2 rings (SSSR count). The zero-order chi connectivity index (χ0) is 15.1. The molecule has 0 spiro atoms. The second kappa shape index (κ2) is 8.03. The number of rotatable bonds is 7. The number of hydrogen-bond donors (Lipinski definition) is 1. The van der Waals surface area contributed by atoms with Gasteiger partial charge < -0.3 is 15.0 Å². The Morgan fingerprint density at radius 3 is 2.76 bits per heavy atom. The summed E-state index contributed by atoms with van der Waals surface area (Å²) in [7, 11) is 0. The van der Waals surface area contributed by atoms with Gasteiger partial charge in [-0.3, -0.25) is 4.79 Å². The quantitative estimate of drug-likeness (QED) is 0.784. The molecule has 0 bridgehead atoms. The average molecular weight is 290 g/mol. The second-order valence-corrected chi connectivity index (χ2v) is 5.81. The van der Waals surface area contributed by atoms with Crippen molar-refractivity contribution in [3.8, 4) is 5.75 Å². The minimum absolute atomic E-state index is 0.246. The molecule has 1 amide bonds. The summed E-state index contributed by atoms with van der Waals surface area (Å²) < 4.78 is 5.64. The standard InChI is InChI=1S/C17H26N2O2/c1-14(2)19(15-10-11-18-13-15)17(20)9-6-12-21-16-7-4-3-5-8-16/h3-5,7-8,14-15,18H,6,9-13H2,1-2H3. The van der Waals surface area contributed by atoms with E-state index < -0.39 is 0 Å². The first-order valence-corrected chi connectivity index (χ1v) is 7.88. The van der Waals surface area contributed by atoms with Crippen molar-refractivity contribution in [1.82, 2.24) is 10.2 Å². The molecule has 1 saturated heterocycles. The zero-order valence-corrected chi connectivity index (χ0v) is 13.0. The van der Waals surface area contributed by atoms with Crippen LogP contribution >= 0.6 is 0 Å². The van der Waals surface area contributed by atoms with E-state index in [2.05, 4.69) is 19.2 Å². The zero-order valence-electron chi connectivity index (χ0n) is 13.0. The molecule has 0 aliphatic carbocycles. The minimum Gasteiger partial charge on any atom is -0.494 e. The van der Waals surface area contributed by atoms with Crippen LogP contribution < -0.4 is 10.1 Å². The van der Waals surface area contributed by atoms with E-state index in [1.54, 1.807) is 0 Å². The third kappa shape index (κ3) is 4.74. The van der Waals surface area contributed by atoms with Crippen molar-refractivity contribution in [2.75, 3.05) is 19.7 Å². The highest BCUT2D eigenvalue weighted by Crippen LogP contribution is 2.15. The Balaban J connectivity index is 1.74. The van der Waals surface area contributed by atoms with Gasteiger partial charge in [0, 0.05) is 25.0 Å². The van der Waals surface area contributed by atoms with E-state index in [-0.39, 0.29) is 11.9 Å². The number of carbonyl (C=O) groups excluding carboxylic acids is 1. The van der Waals surface area contributed by atoms with Gasteiger partial charge in [-0.05, 0) is 45.4 Å². The van der Waals surface area contributed by atoms with Gasteiger partial charge in [-0.25, -0.2) is 0 Å². The van der Waals surface area contributed by atoms with Gasteiger partial charge in [-0.2, -0.15) is 0 Å². The van der Waals surface area contributed by atoms with Crippen LogP contribution in [0.15, 0.2) is 30.3 Å². The molecule has 1 aliphatic heterocycles. The second-order valence-electron chi connectivity index (χ2n) is 5.81. The van der Waals surface area contributed by atoms with E-state index in [9.17, 15) is 4.79 Å². The molecule has 116 valence electrons. The molecule has 1 atom stereocenters. The number of ether oxygens (including phenoxy) is 1. The van der Waals surface area contributed by atoms with Crippen LogP contribution in [-0.4, -0.2) is 42.6 Å². The number of nitrogens with one attached hydrogen (secondary N) is 1. The van der Waals surface area contributed by atoms with Crippen LogP contribution in [-0.2, 0) is 4.79 Å². The monoisotopic (exact) mass is 290 g/mol. The predicted octanol–water partition coefficient (Wildman–Crippen LogP) is 2.44. The van der Waals surface area contributed by atoms with Crippen molar-refractivity contribution in [2.45, 2.75) is 45.2 Å². The molecule has 1 aliphatic rings. The number of nitrogens with zero attached hydrogens (tertiary/aromatic N) is 1. The van der Waals surface area contributed by atoms with Crippen LogP contribution in [0.4, 0.5) is 0 Å². The molecule has 1 fully saturated rings. The summed E-state index contributed by atoms with van der Waals surface area (Å²) in [6.07, 6.45) is 2.38. The first-order chi connectivity index (χ1) is 10.2. The summed E-state index contributed by atoms with van der Waals surface area (Å²) in [5, 5.41) is 3.33. The van der Waals surface area contributed by atoms with Crippen LogP contribution in [0.1, 0.15) is 33.1 Å². The maximum atomic E-state index is 12.4. The molecule has 1 aromatic rings. The van der Waals surface area contributed by atoms with Gasteiger partial charge in [0.05, 0.1) is 6.61 Å². The fourth-order valence-corrected chi connectivity index (χ4v) is 2.85. The summed E-state index contributed by atoms with van der Waals surface area (Å²) in [6.45, 7) is 6.71. The van der Waals surface area contributed by atoms with Gasteiger partial charge in [0.15, 0.2) is 0 Å². The fraction of sp³-hybridized carbons (Fsp3) is 0.588. The normalized spacial score (nSPS) is 18.0. The Morgan fingerprint density at radius 2 is 2.14 bits per heavy atom. The number of benzene rings is 1. The van der Waals surface area contributed by atoms with Gasteiger partial charge >= 0.3 is 0 Å². The molecular formula is C17H26N2O2. The number of amides is 1. The average Bonchev–Trinajstić information content (AvgIpc) is 2.98. The van der Waals surface area contributed by atoms with Gasteiger partial charge in [0.25, 0.3) is 0 Å². The fourth-order valence-electron chi connectivity index (χ4n) is 2.85. The maximum absolute atomic E-state index is 12.4. The lowest BCUT2D eigenvalue weighted by Crippen LogP contribution is -2.45. The van der Waals surface area contributed by atoms with E-state index in [1.165, 1.54) is 0 Å². The Labute approximate surface area is 127 Å². The summed E-state index contributed by atoms with van der Waals surface area (Å²) in [6, 6.07) is 10.4. The molecule has 0 saturated carbocycles. The summed E-state index contributed by atoms with van der Waals surface area (Å²) in [4.78, 5) is 14.5. The van der Waals surface area contributed by atoms with E-state index in [1.807, 2.05) is 35.2 Å². The Bertz CT molecular complexity index is 428. The van der Waals surface area contributed by atoms with E-state index in [4.69, 9.17) is 4.74 Å². The lowest BCUT2D eigenvalue weighted by atomic mass is 10.1. The van der Waals surface area contributed by atoms with E-state index in [0.29, 0.717) is 19.1 Å². The van der Waals surface area contributed by atoms with Crippen molar-refractivity contribution in [3.63, 3.8) is 0 Å². The summed E-state index contributed by atoms with van der Waals surface area (Å²) in [5.41, 5.74) is 0. The minimum atomic E-state index is 0.246. The van der Waals surface area contributed by atoms with Crippen molar-refractivity contribution >= 4 is 5.91 Å². The summed E-state index contributed by atoms with van der Waals surface area (Å²) in [5.74, 6) is 1.11. The number of para-hydroxylation sites is 1. The van der Waals surface area contributed by atoms with E-state index >= 15 is 0 Å². The first kappa shape index (κ1) is 15.8. The molecule has 1 unspecified atom stereocenters. The van der Waals surface area contributed by atoms with Gasteiger partial charge in [0.2, 0.25) is 5.91 Å². The van der Waals surface area contributed by atoms with Gasteiger partial charge in [-0.15, -0.1) is 0 Å². The van der Waals surface area contributed by atoms with Crippen molar-refractivity contribution in [2.24, 2.45) is 0 Å². The van der Waals surface area contributed by atoms with Crippen LogP contribution in [0.3, 0.4) is 0 Å². The van der Waals surface area contributed by atoms with Crippen LogP contribution in [0.2, 0.25) is 0 Å². The van der Waals surface area contributed by atoms with Crippen LogP contribution in [0.25, 0.3) is 0 Å². The highest BCUT2D eigenvalue weighted by atomic mass is 16.5. The highest BCUT2D eigenvalue weighted by Gasteiger charge is 2.27. The molecule has 21 heavy (non-hydrogen) atoms. The maximum Gasteiger partial charge on any atom is 0.223 e. The molecule has 4 nitrogen and oxygen atoms in total. The lowest BCUT2D eigenvalue weighted by molar-refractivity contribution is -0.135. The van der Waals surface area contributed by atoms with Gasteiger partial charge in [-0.1, -0.05) is 18.2 Å². The first-order valence-electron chi connectivity index (χ1n) is 7.88. The molecule has 1 aromatic carbocycles. The molecular weight excluding hydrogens is 264 g/mol. The topological polar surface area (TPSA) is 41.6 Å². The van der Waals surface area contributed by atoms with Crippen molar-refractivity contribution in [1.29, 1.82) is 0 Å². The Morgan fingerprint density at radius 1 is 1.38 bits per heavy atom. The van der Waals surface area contributed by atoms with Crippen LogP contribution in [0, 0.1) is 0 Å². The smallest absolute Gasteiger partial charge is 0.223 e.